The van der Waals surface area contributed by atoms with Gasteiger partial charge in [-0.2, -0.15) is 0 Å². The zero-order valence-electron chi connectivity index (χ0n) is 12.7. The van der Waals surface area contributed by atoms with Crippen LogP contribution in [-0.4, -0.2) is 4.57 Å². The summed E-state index contributed by atoms with van der Waals surface area (Å²) in [6, 6.07) is 12.3. The van der Waals surface area contributed by atoms with Gasteiger partial charge in [0, 0.05) is 12.1 Å². The highest BCUT2D eigenvalue weighted by Gasteiger charge is 2.09. The summed E-state index contributed by atoms with van der Waals surface area (Å²) in [5, 5.41) is 0. The van der Waals surface area contributed by atoms with E-state index in [0.29, 0.717) is 5.56 Å². The lowest BCUT2D eigenvalue weighted by Gasteiger charge is -2.14. The molecule has 2 nitrogen and oxygen atoms in total. The van der Waals surface area contributed by atoms with E-state index in [2.05, 4.69) is 38.1 Å². The summed E-state index contributed by atoms with van der Waals surface area (Å²) in [5.41, 5.74) is 4.07. The molecule has 3 heteroatoms. The van der Waals surface area contributed by atoms with Gasteiger partial charge in [-0.1, -0.05) is 50.6 Å². The van der Waals surface area contributed by atoms with Gasteiger partial charge in [0.05, 0.1) is 11.6 Å². The summed E-state index contributed by atoms with van der Waals surface area (Å²) in [5.74, 6) is 0.264. The van der Waals surface area contributed by atoms with Crippen molar-refractivity contribution in [2.75, 3.05) is 0 Å². The molecule has 0 saturated heterocycles. The molecule has 0 aliphatic rings. The zero-order valence-corrected chi connectivity index (χ0v) is 13.5. The van der Waals surface area contributed by atoms with Gasteiger partial charge in [0.25, 0.3) is 5.56 Å². The van der Waals surface area contributed by atoms with Gasteiger partial charge >= 0.3 is 0 Å². The number of unbranched alkanes of at least 4 members (excludes halogenated alkanes) is 1. The minimum Gasteiger partial charge on any atom is -0.308 e. The van der Waals surface area contributed by atoms with Gasteiger partial charge in [0.2, 0.25) is 0 Å². The maximum atomic E-state index is 12.5. The van der Waals surface area contributed by atoms with Crippen molar-refractivity contribution < 1.29 is 0 Å². The fourth-order valence-corrected chi connectivity index (χ4v) is 2.63. The molecule has 0 aliphatic carbocycles. The van der Waals surface area contributed by atoms with Crippen LogP contribution < -0.4 is 5.56 Å². The molecule has 0 aliphatic heterocycles. The van der Waals surface area contributed by atoms with E-state index < -0.39 is 0 Å². The van der Waals surface area contributed by atoms with Gasteiger partial charge in [0.1, 0.15) is 0 Å². The standard InChI is InChI=1S/C18H22ClNO/c1-3-5-12-20-17(11-10-16(13-19)18(20)21)15-8-6-14(4-2)7-9-15/h6-11H,3-5,12-13H2,1-2H3. The number of aryl methyl sites for hydroxylation is 1. The number of aromatic nitrogens is 1. The third kappa shape index (κ3) is 3.56. The Hall–Kier alpha value is -1.54. The van der Waals surface area contributed by atoms with E-state index in [4.69, 9.17) is 11.6 Å². The van der Waals surface area contributed by atoms with E-state index in [1.807, 2.05) is 16.7 Å². The molecule has 0 bridgehead atoms. The average Bonchev–Trinajstić information content (AvgIpc) is 2.53. The minimum atomic E-state index is 0.0375. The van der Waals surface area contributed by atoms with Crippen LogP contribution in [0.15, 0.2) is 41.2 Å². The molecule has 1 aromatic carbocycles. The normalized spacial score (nSPS) is 10.8. The summed E-state index contributed by atoms with van der Waals surface area (Å²) in [7, 11) is 0. The maximum absolute atomic E-state index is 12.5. The van der Waals surface area contributed by atoms with E-state index >= 15 is 0 Å². The summed E-state index contributed by atoms with van der Waals surface area (Å²) in [6.45, 7) is 5.01. The SMILES string of the molecule is CCCCn1c(-c2ccc(CC)cc2)ccc(CCl)c1=O. The topological polar surface area (TPSA) is 22.0 Å². The molecule has 0 fully saturated rings. The summed E-state index contributed by atoms with van der Waals surface area (Å²) in [4.78, 5) is 12.5. The van der Waals surface area contributed by atoms with Crippen molar-refractivity contribution in [2.24, 2.45) is 0 Å². The largest absolute Gasteiger partial charge is 0.308 e. The van der Waals surface area contributed by atoms with E-state index in [1.165, 1.54) is 5.56 Å². The van der Waals surface area contributed by atoms with Gasteiger partial charge in [-0.05, 0) is 30.0 Å². The van der Waals surface area contributed by atoms with Crippen molar-refractivity contribution >= 4 is 11.6 Å². The Balaban J connectivity index is 2.50. The molecule has 112 valence electrons. The molecule has 0 atom stereocenters. The summed E-state index contributed by atoms with van der Waals surface area (Å²) < 4.78 is 1.86. The van der Waals surface area contributed by atoms with E-state index in [9.17, 15) is 4.79 Å². The molecule has 1 aromatic heterocycles. The molecule has 1 heterocycles. The number of benzene rings is 1. The fraction of sp³-hybridized carbons (Fsp3) is 0.389. The highest BCUT2D eigenvalue weighted by molar-refractivity contribution is 6.17. The van der Waals surface area contributed by atoms with Gasteiger partial charge in [-0.25, -0.2) is 0 Å². The molecular weight excluding hydrogens is 282 g/mol. The van der Waals surface area contributed by atoms with Gasteiger partial charge in [0.15, 0.2) is 0 Å². The molecule has 0 radical (unpaired) electrons. The molecule has 0 spiro atoms. The Labute approximate surface area is 131 Å². The molecule has 0 amide bonds. The third-order valence-electron chi connectivity index (χ3n) is 3.79. The van der Waals surface area contributed by atoms with Crippen LogP contribution in [0.4, 0.5) is 0 Å². The Kier molecular flexibility index (Phi) is 5.63. The smallest absolute Gasteiger partial charge is 0.255 e. The number of pyridine rings is 1. The highest BCUT2D eigenvalue weighted by atomic mass is 35.5. The van der Waals surface area contributed by atoms with Crippen molar-refractivity contribution in [3.63, 3.8) is 0 Å². The molecule has 2 rings (SSSR count). The number of hydrogen-bond acceptors (Lipinski definition) is 1. The first kappa shape index (κ1) is 15.8. The lowest BCUT2D eigenvalue weighted by molar-refractivity contribution is 0.615. The Morgan fingerprint density at radius 1 is 1.05 bits per heavy atom. The molecular formula is C18H22ClNO. The summed E-state index contributed by atoms with van der Waals surface area (Å²) in [6.07, 6.45) is 3.07. The quantitative estimate of drug-likeness (QED) is 0.714. The van der Waals surface area contributed by atoms with Gasteiger partial charge in [-0.15, -0.1) is 11.6 Å². The first-order chi connectivity index (χ1) is 10.2. The Morgan fingerprint density at radius 3 is 2.33 bits per heavy atom. The highest BCUT2D eigenvalue weighted by Crippen LogP contribution is 2.20. The van der Waals surface area contributed by atoms with Crippen LogP contribution in [0.2, 0.25) is 0 Å². The number of nitrogens with zero attached hydrogens (tertiary/aromatic N) is 1. The molecule has 2 aromatic rings. The number of rotatable bonds is 6. The van der Waals surface area contributed by atoms with Crippen molar-refractivity contribution in [3.05, 3.63) is 57.9 Å². The van der Waals surface area contributed by atoms with Crippen LogP contribution in [0, 0.1) is 0 Å². The second-order valence-corrected chi connectivity index (χ2v) is 5.51. The Bertz CT molecular complexity index is 643. The first-order valence-electron chi connectivity index (χ1n) is 7.59. The first-order valence-corrected chi connectivity index (χ1v) is 8.12. The van der Waals surface area contributed by atoms with Crippen LogP contribution >= 0.6 is 11.6 Å². The minimum absolute atomic E-state index is 0.0375. The van der Waals surface area contributed by atoms with E-state index in [1.54, 1.807) is 0 Å². The molecule has 0 N–H and O–H groups in total. The van der Waals surface area contributed by atoms with Gasteiger partial charge in [-0.3, -0.25) is 4.79 Å². The van der Waals surface area contributed by atoms with Crippen molar-refractivity contribution in [1.82, 2.24) is 4.57 Å². The van der Waals surface area contributed by atoms with Crippen LogP contribution in [-0.2, 0) is 18.8 Å². The number of halogens is 1. The van der Waals surface area contributed by atoms with E-state index in [0.717, 1.165) is 37.1 Å². The lowest BCUT2D eigenvalue weighted by atomic mass is 10.1. The van der Waals surface area contributed by atoms with Crippen molar-refractivity contribution in [3.8, 4) is 11.3 Å². The van der Waals surface area contributed by atoms with Crippen molar-refractivity contribution in [1.29, 1.82) is 0 Å². The van der Waals surface area contributed by atoms with Crippen LogP contribution in [0.25, 0.3) is 11.3 Å². The summed E-state index contributed by atoms with van der Waals surface area (Å²) >= 11 is 5.86. The maximum Gasteiger partial charge on any atom is 0.255 e. The molecule has 21 heavy (non-hydrogen) atoms. The Morgan fingerprint density at radius 2 is 1.76 bits per heavy atom. The molecule has 0 saturated carbocycles. The fourth-order valence-electron chi connectivity index (χ4n) is 2.43. The predicted molar refractivity (Wildman–Crippen MR) is 90.0 cm³/mol. The van der Waals surface area contributed by atoms with Crippen LogP contribution in [0.5, 0.6) is 0 Å². The number of hydrogen-bond donors (Lipinski definition) is 0. The predicted octanol–water partition coefficient (Wildman–Crippen LogP) is 4.62. The zero-order chi connectivity index (χ0) is 15.2. The van der Waals surface area contributed by atoms with Crippen LogP contribution in [0.3, 0.4) is 0 Å². The third-order valence-corrected chi connectivity index (χ3v) is 4.08. The van der Waals surface area contributed by atoms with Crippen molar-refractivity contribution in [2.45, 2.75) is 45.5 Å². The number of alkyl halides is 1. The average molecular weight is 304 g/mol. The van der Waals surface area contributed by atoms with E-state index in [-0.39, 0.29) is 11.4 Å². The second-order valence-electron chi connectivity index (χ2n) is 5.24. The monoisotopic (exact) mass is 303 g/mol. The van der Waals surface area contributed by atoms with Crippen LogP contribution in [0.1, 0.15) is 37.8 Å². The second kappa shape index (κ2) is 7.46. The lowest BCUT2D eigenvalue weighted by Crippen LogP contribution is -2.24. The van der Waals surface area contributed by atoms with Gasteiger partial charge < -0.3 is 4.57 Å². The molecule has 0 unspecified atom stereocenters.